The summed E-state index contributed by atoms with van der Waals surface area (Å²) >= 11 is 0. The minimum absolute atomic E-state index is 0.0521. The van der Waals surface area contributed by atoms with Gasteiger partial charge in [0, 0.05) is 18.9 Å². The molecule has 2 heteroatoms. The van der Waals surface area contributed by atoms with Crippen LogP contribution in [0.15, 0.2) is 24.3 Å². The first-order valence-corrected chi connectivity index (χ1v) is 6.22. The van der Waals surface area contributed by atoms with Crippen LogP contribution in [0, 0.1) is 0 Å². The van der Waals surface area contributed by atoms with Gasteiger partial charge in [0.05, 0.1) is 0 Å². The normalized spacial score (nSPS) is 34.2. The summed E-state index contributed by atoms with van der Waals surface area (Å²) in [6, 6.07) is 8.17. The lowest BCUT2D eigenvalue weighted by Crippen LogP contribution is -2.46. The van der Waals surface area contributed by atoms with Crippen molar-refractivity contribution >= 4 is 0 Å². The van der Waals surface area contributed by atoms with Gasteiger partial charge in [-0.25, -0.2) is 4.39 Å². The molecule has 16 heavy (non-hydrogen) atoms. The molecule has 86 valence electrons. The second kappa shape index (κ2) is 3.56. The first-order valence-electron chi connectivity index (χ1n) is 6.22. The molecular formula is C14H18FN. The van der Waals surface area contributed by atoms with Gasteiger partial charge in [-0.1, -0.05) is 30.7 Å². The number of alkyl halides is 1. The maximum atomic E-state index is 14.2. The number of halogens is 1. The quantitative estimate of drug-likeness (QED) is 0.812. The lowest BCUT2D eigenvalue weighted by Gasteiger charge is -2.40. The molecule has 2 aliphatic carbocycles. The number of rotatable bonds is 2. The standard InChI is InChI=1S/C14H18FN/c15-14(8-13(16)9-14)12-6-4-11(5-7-12)10-2-1-3-10/h4-7,10,13H,1-3,8-9,16H2. The molecule has 0 radical (unpaired) electrons. The van der Waals surface area contributed by atoms with Gasteiger partial charge in [0.2, 0.25) is 0 Å². The minimum atomic E-state index is -1.14. The van der Waals surface area contributed by atoms with Crippen LogP contribution in [0.3, 0.4) is 0 Å². The molecule has 2 fully saturated rings. The third-order valence-electron chi connectivity index (χ3n) is 4.18. The zero-order valence-corrected chi connectivity index (χ0v) is 9.45. The Kier molecular flexibility index (Phi) is 2.28. The van der Waals surface area contributed by atoms with Crippen LogP contribution >= 0.6 is 0 Å². The largest absolute Gasteiger partial charge is 0.327 e. The maximum absolute atomic E-state index is 14.2. The predicted octanol–water partition coefficient (Wildman–Crippen LogP) is 3.24. The molecule has 0 atom stereocenters. The van der Waals surface area contributed by atoms with Crippen LogP contribution in [-0.2, 0) is 5.67 Å². The highest BCUT2D eigenvalue weighted by molar-refractivity contribution is 5.32. The van der Waals surface area contributed by atoms with Crippen LogP contribution < -0.4 is 5.73 Å². The van der Waals surface area contributed by atoms with Gasteiger partial charge in [0.15, 0.2) is 0 Å². The fraction of sp³-hybridized carbons (Fsp3) is 0.571. The molecule has 0 aromatic heterocycles. The fourth-order valence-corrected chi connectivity index (χ4v) is 2.80. The second-order valence-electron chi connectivity index (χ2n) is 5.38. The Balaban J connectivity index is 1.77. The Morgan fingerprint density at radius 2 is 1.75 bits per heavy atom. The molecule has 1 aromatic rings. The van der Waals surface area contributed by atoms with E-state index < -0.39 is 5.67 Å². The van der Waals surface area contributed by atoms with E-state index in [9.17, 15) is 4.39 Å². The van der Waals surface area contributed by atoms with Crippen molar-refractivity contribution in [2.45, 2.75) is 49.7 Å². The molecule has 0 aliphatic heterocycles. The molecule has 0 saturated heterocycles. The number of hydrogen-bond donors (Lipinski definition) is 1. The summed E-state index contributed by atoms with van der Waals surface area (Å²) in [4.78, 5) is 0. The summed E-state index contributed by atoms with van der Waals surface area (Å²) in [5.74, 6) is 0.730. The number of hydrogen-bond acceptors (Lipinski definition) is 1. The first kappa shape index (κ1) is 10.3. The van der Waals surface area contributed by atoms with E-state index in [0.29, 0.717) is 12.8 Å². The van der Waals surface area contributed by atoms with Crippen LogP contribution in [0.5, 0.6) is 0 Å². The van der Waals surface area contributed by atoms with Crippen molar-refractivity contribution in [1.29, 1.82) is 0 Å². The van der Waals surface area contributed by atoms with Crippen molar-refractivity contribution in [2.24, 2.45) is 5.73 Å². The minimum Gasteiger partial charge on any atom is -0.327 e. The number of benzene rings is 1. The van der Waals surface area contributed by atoms with E-state index in [1.165, 1.54) is 24.8 Å². The topological polar surface area (TPSA) is 26.0 Å². The molecule has 0 spiro atoms. The maximum Gasteiger partial charge on any atom is 0.139 e. The van der Waals surface area contributed by atoms with Gasteiger partial charge in [-0.3, -0.25) is 0 Å². The van der Waals surface area contributed by atoms with Crippen LogP contribution in [0.25, 0.3) is 0 Å². The van der Waals surface area contributed by atoms with Gasteiger partial charge in [0.25, 0.3) is 0 Å². The molecule has 3 rings (SSSR count). The van der Waals surface area contributed by atoms with Crippen molar-refractivity contribution < 1.29 is 4.39 Å². The highest BCUT2D eigenvalue weighted by atomic mass is 19.1. The van der Waals surface area contributed by atoms with Crippen LogP contribution in [-0.4, -0.2) is 6.04 Å². The Morgan fingerprint density at radius 3 is 2.19 bits per heavy atom. The third-order valence-corrected chi connectivity index (χ3v) is 4.18. The van der Waals surface area contributed by atoms with Crippen molar-refractivity contribution in [3.63, 3.8) is 0 Å². The zero-order chi connectivity index (χ0) is 11.2. The van der Waals surface area contributed by atoms with Crippen LogP contribution in [0.2, 0.25) is 0 Å². The van der Waals surface area contributed by atoms with Crippen molar-refractivity contribution in [3.8, 4) is 0 Å². The molecular weight excluding hydrogens is 201 g/mol. The van der Waals surface area contributed by atoms with Crippen molar-refractivity contribution in [3.05, 3.63) is 35.4 Å². The monoisotopic (exact) mass is 219 g/mol. The van der Waals surface area contributed by atoms with Gasteiger partial charge >= 0.3 is 0 Å². The molecule has 2 saturated carbocycles. The van der Waals surface area contributed by atoms with E-state index in [2.05, 4.69) is 12.1 Å². The molecule has 0 heterocycles. The lowest BCUT2D eigenvalue weighted by atomic mass is 9.72. The molecule has 0 unspecified atom stereocenters. The molecule has 1 aromatic carbocycles. The van der Waals surface area contributed by atoms with Gasteiger partial charge < -0.3 is 5.73 Å². The van der Waals surface area contributed by atoms with E-state index in [1.807, 2.05) is 12.1 Å². The molecule has 0 bridgehead atoms. The Labute approximate surface area is 95.8 Å². The molecule has 2 aliphatic rings. The Hall–Kier alpha value is -0.890. The fourth-order valence-electron chi connectivity index (χ4n) is 2.80. The summed E-state index contributed by atoms with van der Waals surface area (Å²) in [7, 11) is 0. The second-order valence-corrected chi connectivity index (χ2v) is 5.38. The third kappa shape index (κ3) is 1.56. The smallest absolute Gasteiger partial charge is 0.139 e. The van der Waals surface area contributed by atoms with Gasteiger partial charge in [0.1, 0.15) is 5.67 Å². The Bertz CT molecular complexity index is 374. The summed E-state index contributed by atoms with van der Waals surface area (Å²) in [5.41, 5.74) is 6.71. The average Bonchev–Trinajstić information content (AvgIpc) is 2.14. The van der Waals surface area contributed by atoms with E-state index >= 15 is 0 Å². The van der Waals surface area contributed by atoms with E-state index in [1.54, 1.807) is 0 Å². The predicted molar refractivity (Wildman–Crippen MR) is 63.0 cm³/mol. The van der Waals surface area contributed by atoms with Gasteiger partial charge in [-0.2, -0.15) is 0 Å². The summed E-state index contributed by atoms with van der Waals surface area (Å²) < 4.78 is 14.2. The van der Waals surface area contributed by atoms with Crippen molar-refractivity contribution in [2.75, 3.05) is 0 Å². The summed E-state index contributed by atoms with van der Waals surface area (Å²) in [6.07, 6.45) is 4.90. The van der Waals surface area contributed by atoms with Crippen molar-refractivity contribution in [1.82, 2.24) is 0 Å². The average molecular weight is 219 g/mol. The first-order chi connectivity index (χ1) is 7.67. The SMILES string of the molecule is NC1CC(F)(c2ccc(C3CCC3)cc2)C1. The van der Waals surface area contributed by atoms with E-state index in [4.69, 9.17) is 5.73 Å². The van der Waals surface area contributed by atoms with Crippen LogP contribution in [0.4, 0.5) is 4.39 Å². The highest BCUT2D eigenvalue weighted by Gasteiger charge is 2.44. The highest BCUT2D eigenvalue weighted by Crippen LogP contribution is 2.45. The summed E-state index contributed by atoms with van der Waals surface area (Å²) in [5, 5.41) is 0. The van der Waals surface area contributed by atoms with E-state index in [0.717, 1.165) is 11.5 Å². The molecule has 0 amide bonds. The zero-order valence-electron chi connectivity index (χ0n) is 9.45. The Morgan fingerprint density at radius 1 is 1.12 bits per heavy atom. The molecule has 1 nitrogen and oxygen atoms in total. The summed E-state index contributed by atoms with van der Waals surface area (Å²) in [6.45, 7) is 0. The number of nitrogens with two attached hydrogens (primary N) is 1. The van der Waals surface area contributed by atoms with Crippen LogP contribution in [0.1, 0.15) is 49.1 Å². The van der Waals surface area contributed by atoms with Gasteiger partial charge in [-0.05, 0) is 29.9 Å². The lowest BCUT2D eigenvalue weighted by molar-refractivity contribution is 0.0405. The molecule has 2 N–H and O–H groups in total. The van der Waals surface area contributed by atoms with E-state index in [-0.39, 0.29) is 6.04 Å². The van der Waals surface area contributed by atoms with Gasteiger partial charge in [-0.15, -0.1) is 0 Å².